The second-order valence-corrected chi connectivity index (χ2v) is 8.33. The second kappa shape index (κ2) is 8.99. The molecule has 2 aromatic heterocycles. The summed E-state index contributed by atoms with van der Waals surface area (Å²) in [6, 6.07) is 6.16. The maximum Gasteiger partial charge on any atom is 0.416 e. The second-order valence-electron chi connectivity index (χ2n) is 8.33. The Bertz CT molecular complexity index is 1400. The maximum absolute atomic E-state index is 13.9. The molecule has 12 heteroatoms. The molecule has 188 valence electrons. The standard InChI is InChI=1S/C24H18F7N5/c25-12-13-2-1-3-32-22(13)35-4-6-36(7-5-35)23-33-19-11-15(24(29,30)31)10-16(21(19)34-23)14-8-17(26)20(28)18(27)9-14/h1-3,8-11H,4-7,12H2,(H,33,34). The van der Waals surface area contributed by atoms with Gasteiger partial charge in [0.2, 0.25) is 5.95 Å². The van der Waals surface area contributed by atoms with Crippen LogP contribution >= 0.6 is 0 Å². The quantitative estimate of drug-likeness (QED) is 0.277. The number of nitrogens with one attached hydrogen (secondary N) is 1. The summed E-state index contributed by atoms with van der Waals surface area (Å²) in [6.07, 6.45) is -3.17. The number of hydrogen-bond acceptors (Lipinski definition) is 4. The Morgan fingerprint density at radius 2 is 1.58 bits per heavy atom. The Balaban J connectivity index is 1.51. The molecule has 5 rings (SSSR count). The molecule has 1 saturated heterocycles. The molecule has 0 saturated carbocycles. The first-order chi connectivity index (χ1) is 17.2. The van der Waals surface area contributed by atoms with Gasteiger partial charge in [0, 0.05) is 43.5 Å². The SMILES string of the molecule is FCc1cccnc1N1CCN(c2nc3c(-c4cc(F)c(F)c(F)c4)cc(C(F)(F)F)cc3[nH]2)CC1. The Morgan fingerprint density at radius 3 is 2.22 bits per heavy atom. The molecule has 1 aliphatic heterocycles. The van der Waals surface area contributed by atoms with E-state index < -0.39 is 35.9 Å². The first-order valence-corrected chi connectivity index (χ1v) is 10.9. The number of fused-ring (bicyclic) bond motifs is 1. The van der Waals surface area contributed by atoms with Crippen LogP contribution in [0.15, 0.2) is 42.6 Å². The molecule has 2 aromatic carbocycles. The number of anilines is 2. The number of H-pyrrole nitrogens is 1. The number of nitrogens with zero attached hydrogens (tertiary/aromatic N) is 4. The van der Waals surface area contributed by atoms with E-state index in [-0.39, 0.29) is 28.1 Å². The highest BCUT2D eigenvalue weighted by Gasteiger charge is 2.33. The Kier molecular flexibility index (Phi) is 5.97. The van der Waals surface area contributed by atoms with E-state index in [1.165, 1.54) is 0 Å². The van der Waals surface area contributed by atoms with E-state index in [0.29, 0.717) is 49.7 Å². The van der Waals surface area contributed by atoms with E-state index in [1.54, 1.807) is 23.2 Å². The molecule has 5 nitrogen and oxygen atoms in total. The molecule has 0 radical (unpaired) electrons. The number of imidazole rings is 1. The van der Waals surface area contributed by atoms with Gasteiger partial charge in [0.05, 0.1) is 16.6 Å². The fourth-order valence-corrected chi connectivity index (χ4v) is 4.30. The molecule has 1 fully saturated rings. The number of aromatic amines is 1. The Morgan fingerprint density at radius 1 is 0.917 bits per heavy atom. The van der Waals surface area contributed by atoms with Gasteiger partial charge in [-0.15, -0.1) is 0 Å². The summed E-state index contributed by atoms with van der Waals surface area (Å²) < 4.78 is 95.3. The molecular formula is C24H18F7N5. The highest BCUT2D eigenvalue weighted by atomic mass is 19.4. The molecular weight excluding hydrogens is 491 g/mol. The average molecular weight is 509 g/mol. The van der Waals surface area contributed by atoms with E-state index in [1.807, 2.05) is 4.90 Å². The van der Waals surface area contributed by atoms with Crippen molar-refractivity contribution in [2.75, 3.05) is 36.0 Å². The van der Waals surface area contributed by atoms with E-state index >= 15 is 0 Å². The number of pyridine rings is 1. The number of alkyl halides is 4. The average Bonchev–Trinajstić information content (AvgIpc) is 3.30. The van der Waals surface area contributed by atoms with Gasteiger partial charge in [0.15, 0.2) is 17.5 Å². The van der Waals surface area contributed by atoms with Crippen molar-refractivity contribution in [3.63, 3.8) is 0 Å². The predicted molar refractivity (Wildman–Crippen MR) is 120 cm³/mol. The summed E-state index contributed by atoms with van der Waals surface area (Å²) in [7, 11) is 0. The van der Waals surface area contributed by atoms with Crippen LogP contribution in [-0.2, 0) is 12.9 Å². The van der Waals surface area contributed by atoms with Crippen molar-refractivity contribution >= 4 is 22.8 Å². The van der Waals surface area contributed by atoms with Gasteiger partial charge >= 0.3 is 6.18 Å². The molecule has 0 spiro atoms. The Hall–Kier alpha value is -3.83. The fourth-order valence-electron chi connectivity index (χ4n) is 4.30. The van der Waals surface area contributed by atoms with Gasteiger partial charge in [-0.25, -0.2) is 27.5 Å². The molecule has 36 heavy (non-hydrogen) atoms. The van der Waals surface area contributed by atoms with Crippen LogP contribution in [-0.4, -0.2) is 41.1 Å². The summed E-state index contributed by atoms with van der Waals surface area (Å²) in [5, 5.41) is 0. The molecule has 1 N–H and O–H groups in total. The third-order valence-electron chi connectivity index (χ3n) is 6.09. The van der Waals surface area contributed by atoms with Crippen molar-refractivity contribution in [3.8, 4) is 11.1 Å². The minimum Gasteiger partial charge on any atom is -0.353 e. The number of rotatable bonds is 4. The summed E-state index contributed by atoms with van der Waals surface area (Å²) in [4.78, 5) is 15.2. The Labute approximate surface area is 200 Å². The van der Waals surface area contributed by atoms with Crippen molar-refractivity contribution in [1.29, 1.82) is 0 Å². The number of halogens is 7. The fraction of sp³-hybridized carbons (Fsp3) is 0.250. The van der Waals surface area contributed by atoms with Crippen molar-refractivity contribution in [1.82, 2.24) is 15.0 Å². The number of hydrogen-bond donors (Lipinski definition) is 1. The minimum atomic E-state index is -4.74. The molecule has 0 amide bonds. The summed E-state index contributed by atoms with van der Waals surface area (Å²) in [5.74, 6) is -3.97. The minimum absolute atomic E-state index is 0.00633. The molecule has 1 aliphatic rings. The topological polar surface area (TPSA) is 48.1 Å². The third-order valence-corrected chi connectivity index (χ3v) is 6.09. The summed E-state index contributed by atoms with van der Waals surface area (Å²) in [6.45, 7) is 1.06. The lowest BCUT2D eigenvalue weighted by atomic mass is 10.0. The number of benzene rings is 2. The van der Waals surface area contributed by atoms with Crippen molar-refractivity contribution < 1.29 is 30.7 Å². The first kappa shape index (κ1) is 23.9. The van der Waals surface area contributed by atoms with Crippen molar-refractivity contribution in [3.05, 3.63) is 71.2 Å². The van der Waals surface area contributed by atoms with Gasteiger partial charge < -0.3 is 14.8 Å². The zero-order chi connectivity index (χ0) is 25.6. The van der Waals surface area contributed by atoms with Crippen LogP contribution in [0.4, 0.5) is 42.5 Å². The van der Waals surface area contributed by atoms with Gasteiger partial charge in [-0.05, 0) is 35.9 Å². The normalized spacial score (nSPS) is 14.6. The van der Waals surface area contributed by atoms with Gasteiger partial charge in [0.1, 0.15) is 12.5 Å². The lowest BCUT2D eigenvalue weighted by molar-refractivity contribution is -0.137. The molecule has 0 atom stereocenters. The van der Waals surface area contributed by atoms with Crippen LogP contribution in [0.25, 0.3) is 22.2 Å². The maximum atomic E-state index is 13.9. The van der Waals surface area contributed by atoms with Crippen molar-refractivity contribution in [2.45, 2.75) is 12.9 Å². The van der Waals surface area contributed by atoms with Gasteiger partial charge in [0.25, 0.3) is 0 Å². The number of aromatic nitrogens is 3. The van der Waals surface area contributed by atoms with E-state index in [0.717, 1.165) is 12.1 Å². The first-order valence-electron chi connectivity index (χ1n) is 10.9. The van der Waals surface area contributed by atoms with E-state index in [4.69, 9.17) is 0 Å². The smallest absolute Gasteiger partial charge is 0.353 e. The van der Waals surface area contributed by atoms with Crippen LogP contribution < -0.4 is 9.80 Å². The molecule has 0 unspecified atom stereocenters. The van der Waals surface area contributed by atoms with E-state index in [2.05, 4.69) is 15.0 Å². The van der Waals surface area contributed by atoms with Crippen molar-refractivity contribution in [2.24, 2.45) is 0 Å². The largest absolute Gasteiger partial charge is 0.416 e. The van der Waals surface area contributed by atoms with Crippen LogP contribution in [0.5, 0.6) is 0 Å². The van der Waals surface area contributed by atoms with Crippen LogP contribution in [0.3, 0.4) is 0 Å². The van der Waals surface area contributed by atoms with E-state index in [9.17, 15) is 30.7 Å². The van der Waals surface area contributed by atoms with Crippen LogP contribution in [0, 0.1) is 17.5 Å². The summed E-state index contributed by atoms with van der Waals surface area (Å²) in [5.41, 5.74) is -1.01. The molecule has 3 heterocycles. The zero-order valence-corrected chi connectivity index (χ0v) is 18.5. The van der Waals surface area contributed by atoms with Gasteiger partial charge in [-0.3, -0.25) is 0 Å². The molecule has 4 aromatic rings. The lowest BCUT2D eigenvalue weighted by Crippen LogP contribution is -2.47. The monoisotopic (exact) mass is 509 g/mol. The molecule has 0 aliphatic carbocycles. The predicted octanol–water partition coefficient (Wildman–Crippen LogP) is 5.86. The van der Waals surface area contributed by atoms with Gasteiger partial charge in [-0.1, -0.05) is 6.07 Å². The molecule has 0 bridgehead atoms. The highest BCUT2D eigenvalue weighted by molar-refractivity contribution is 5.94. The lowest BCUT2D eigenvalue weighted by Gasteiger charge is -2.35. The van der Waals surface area contributed by atoms with Gasteiger partial charge in [-0.2, -0.15) is 13.2 Å². The third kappa shape index (κ3) is 4.31. The summed E-state index contributed by atoms with van der Waals surface area (Å²) >= 11 is 0. The van der Waals surface area contributed by atoms with Crippen LogP contribution in [0.2, 0.25) is 0 Å². The number of piperazine rings is 1. The van der Waals surface area contributed by atoms with Crippen LogP contribution in [0.1, 0.15) is 11.1 Å². The highest BCUT2D eigenvalue weighted by Crippen LogP contribution is 2.38. The zero-order valence-electron chi connectivity index (χ0n) is 18.5.